The normalized spacial score (nSPS) is 15.0. The quantitative estimate of drug-likeness (QED) is 0.832. The van der Waals surface area contributed by atoms with Crippen molar-refractivity contribution in [2.75, 3.05) is 6.54 Å². The smallest absolute Gasteiger partial charge is 0.410 e. The van der Waals surface area contributed by atoms with E-state index >= 15 is 0 Å². The van der Waals surface area contributed by atoms with Gasteiger partial charge in [-0.1, -0.05) is 0 Å². The zero-order valence-electron chi connectivity index (χ0n) is 12.2. The molecule has 0 N–H and O–H groups in total. The molecular formula is C15H21BrN2O2. The third-order valence-corrected chi connectivity index (χ3v) is 3.40. The van der Waals surface area contributed by atoms with Crippen LogP contribution < -0.4 is 0 Å². The third kappa shape index (κ3) is 5.12. The molecule has 1 aromatic heterocycles. The minimum Gasteiger partial charge on any atom is -0.444 e. The fourth-order valence-corrected chi connectivity index (χ4v) is 2.32. The molecule has 20 heavy (non-hydrogen) atoms. The van der Waals surface area contributed by atoms with Crippen LogP contribution in [0.1, 0.15) is 39.2 Å². The summed E-state index contributed by atoms with van der Waals surface area (Å²) in [6, 6.07) is 1.98. The maximum atomic E-state index is 12.3. The third-order valence-electron chi connectivity index (χ3n) is 2.96. The first-order chi connectivity index (χ1) is 9.33. The van der Waals surface area contributed by atoms with Crippen molar-refractivity contribution in [1.82, 2.24) is 9.88 Å². The molecule has 0 saturated heterocycles. The fraction of sp³-hybridized carbons (Fsp3) is 0.600. The van der Waals surface area contributed by atoms with Crippen LogP contribution in [0.25, 0.3) is 0 Å². The fourth-order valence-electron chi connectivity index (χ4n) is 1.90. The summed E-state index contributed by atoms with van der Waals surface area (Å²) in [4.78, 5) is 18.2. The number of nitrogens with zero attached hydrogens (tertiary/aromatic N) is 2. The first-order valence-corrected chi connectivity index (χ1v) is 7.70. The Bertz CT molecular complexity index is 481. The molecule has 1 amide bonds. The van der Waals surface area contributed by atoms with Gasteiger partial charge in [-0.2, -0.15) is 0 Å². The van der Waals surface area contributed by atoms with Crippen molar-refractivity contribution in [3.63, 3.8) is 0 Å². The number of hydrogen-bond donors (Lipinski definition) is 0. The van der Waals surface area contributed by atoms with Crippen LogP contribution in [0.3, 0.4) is 0 Å². The highest BCUT2D eigenvalue weighted by molar-refractivity contribution is 9.10. The highest BCUT2D eigenvalue weighted by Crippen LogP contribution is 2.30. The Kier molecular flexibility index (Phi) is 4.68. The van der Waals surface area contributed by atoms with Crippen LogP contribution in [-0.4, -0.2) is 28.1 Å². The van der Waals surface area contributed by atoms with Gasteiger partial charge in [-0.15, -0.1) is 0 Å². The van der Waals surface area contributed by atoms with Gasteiger partial charge in [0.05, 0.1) is 6.54 Å². The molecule has 1 saturated carbocycles. The molecule has 0 bridgehead atoms. The SMILES string of the molecule is CC(C)(C)OC(=O)N(Cc1cncc(Br)c1)CC1CC1. The number of aromatic nitrogens is 1. The molecule has 1 heterocycles. The predicted octanol–water partition coefficient (Wildman–Crippen LogP) is 3.99. The number of carbonyl (C=O) groups is 1. The minimum atomic E-state index is -0.464. The van der Waals surface area contributed by atoms with Gasteiger partial charge in [0.1, 0.15) is 5.60 Å². The van der Waals surface area contributed by atoms with Crippen molar-refractivity contribution in [3.05, 3.63) is 28.5 Å². The van der Waals surface area contributed by atoms with Gasteiger partial charge in [-0.25, -0.2) is 4.79 Å². The van der Waals surface area contributed by atoms with Gasteiger partial charge in [-0.3, -0.25) is 4.98 Å². The molecule has 0 aromatic carbocycles. The van der Waals surface area contributed by atoms with E-state index in [-0.39, 0.29) is 6.09 Å². The Balaban J connectivity index is 2.04. The van der Waals surface area contributed by atoms with E-state index < -0.39 is 5.60 Å². The first kappa shape index (κ1) is 15.3. The molecule has 2 rings (SSSR count). The number of ether oxygens (including phenoxy) is 1. The standard InChI is InChI=1S/C15H21BrN2O2/c1-15(2,3)20-14(19)18(9-11-4-5-11)10-12-6-13(16)8-17-7-12/h6-8,11H,4-5,9-10H2,1-3H3. The van der Waals surface area contributed by atoms with Crippen LogP contribution in [0, 0.1) is 5.92 Å². The van der Waals surface area contributed by atoms with Gasteiger partial charge in [0.15, 0.2) is 0 Å². The summed E-state index contributed by atoms with van der Waals surface area (Å²) in [5.41, 5.74) is 0.542. The van der Waals surface area contributed by atoms with E-state index in [0.717, 1.165) is 16.6 Å². The molecule has 4 nitrogen and oxygen atoms in total. The number of amides is 1. The lowest BCUT2D eigenvalue weighted by Crippen LogP contribution is -2.37. The largest absolute Gasteiger partial charge is 0.444 e. The van der Waals surface area contributed by atoms with E-state index in [1.165, 1.54) is 12.8 Å². The van der Waals surface area contributed by atoms with Gasteiger partial charge in [0.25, 0.3) is 0 Å². The lowest BCUT2D eigenvalue weighted by atomic mass is 10.2. The molecule has 0 aliphatic heterocycles. The average molecular weight is 341 g/mol. The molecule has 1 aliphatic rings. The van der Waals surface area contributed by atoms with Crippen LogP contribution in [-0.2, 0) is 11.3 Å². The van der Waals surface area contributed by atoms with Gasteiger partial charge < -0.3 is 9.64 Å². The number of carbonyl (C=O) groups excluding carboxylic acids is 1. The van der Waals surface area contributed by atoms with Crippen LogP contribution in [0.5, 0.6) is 0 Å². The zero-order valence-corrected chi connectivity index (χ0v) is 13.8. The molecule has 0 atom stereocenters. The molecular weight excluding hydrogens is 320 g/mol. The highest BCUT2D eigenvalue weighted by Gasteiger charge is 2.29. The van der Waals surface area contributed by atoms with E-state index in [1.54, 1.807) is 17.3 Å². The summed E-state index contributed by atoms with van der Waals surface area (Å²) in [6.45, 7) is 6.97. The van der Waals surface area contributed by atoms with Crippen molar-refractivity contribution in [1.29, 1.82) is 0 Å². The van der Waals surface area contributed by atoms with E-state index in [0.29, 0.717) is 12.5 Å². The monoisotopic (exact) mass is 340 g/mol. The van der Waals surface area contributed by atoms with Crippen molar-refractivity contribution < 1.29 is 9.53 Å². The second-order valence-corrected chi connectivity index (χ2v) is 7.23. The maximum Gasteiger partial charge on any atom is 0.410 e. The van der Waals surface area contributed by atoms with Gasteiger partial charge in [0, 0.05) is 23.4 Å². The second-order valence-electron chi connectivity index (χ2n) is 6.32. The highest BCUT2D eigenvalue weighted by atomic mass is 79.9. The maximum absolute atomic E-state index is 12.3. The number of hydrogen-bond acceptors (Lipinski definition) is 3. The summed E-state index contributed by atoms with van der Waals surface area (Å²) < 4.78 is 6.41. The van der Waals surface area contributed by atoms with Crippen molar-refractivity contribution >= 4 is 22.0 Å². The zero-order chi connectivity index (χ0) is 14.8. The molecule has 1 aromatic rings. The number of rotatable bonds is 4. The summed E-state index contributed by atoms with van der Waals surface area (Å²) >= 11 is 3.40. The van der Waals surface area contributed by atoms with E-state index in [9.17, 15) is 4.79 Å². The summed E-state index contributed by atoms with van der Waals surface area (Å²) in [5, 5.41) is 0. The van der Waals surface area contributed by atoms with Crippen molar-refractivity contribution in [3.8, 4) is 0 Å². The number of pyridine rings is 1. The Morgan fingerprint density at radius 3 is 2.70 bits per heavy atom. The average Bonchev–Trinajstić information content (AvgIpc) is 3.10. The van der Waals surface area contributed by atoms with E-state index in [1.807, 2.05) is 26.8 Å². The Labute approximate surface area is 128 Å². The van der Waals surface area contributed by atoms with Crippen molar-refractivity contribution in [2.45, 2.75) is 45.8 Å². The molecule has 0 radical (unpaired) electrons. The Morgan fingerprint density at radius 2 is 2.15 bits per heavy atom. The Morgan fingerprint density at radius 1 is 1.45 bits per heavy atom. The summed E-state index contributed by atoms with van der Waals surface area (Å²) in [5.74, 6) is 0.627. The van der Waals surface area contributed by atoms with Gasteiger partial charge in [-0.05, 0) is 67.1 Å². The van der Waals surface area contributed by atoms with E-state index in [4.69, 9.17) is 4.74 Å². The summed E-state index contributed by atoms with van der Waals surface area (Å²) in [7, 11) is 0. The molecule has 1 aliphatic carbocycles. The Hall–Kier alpha value is -1.10. The van der Waals surface area contributed by atoms with Gasteiger partial charge >= 0.3 is 6.09 Å². The minimum absolute atomic E-state index is 0.246. The molecule has 5 heteroatoms. The molecule has 1 fully saturated rings. The summed E-state index contributed by atoms with van der Waals surface area (Å²) in [6.07, 6.45) is 5.69. The van der Waals surface area contributed by atoms with Crippen LogP contribution in [0.2, 0.25) is 0 Å². The molecule has 110 valence electrons. The number of halogens is 1. The van der Waals surface area contributed by atoms with Crippen LogP contribution in [0.4, 0.5) is 4.79 Å². The molecule has 0 spiro atoms. The van der Waals surface area contributed by atoms with Crippen LogP contribution in [0.15, 0.2) is 22.9 Å². The topological polar surface area (TPSA) is 42.4 Å². The van der Waals surface area contributed by atoms with Gasteiger partial charge in [0.2, 0.25) is 0 Å². The van der Waals surface area contributed by atoms with Crippen molar-refractivity contribution in [2.24, 2.45) is 5.92 Å². The van der Waals surface area contributed by atoms with Crippen LogP contribution >= 0.6 is 15.9 Å². The second kappa shape index (κ2) is 6.12. The predicted molar refractivity (Wildman–Crippen MR) is 81.3 cm³/mol. The lowest BCUT2D eigenvalue weighted by Gasteiger charge is -2.27. The lowest BCUT2D eigenvalue weighted by molar-refractivity contribution is 0.0224. The molecule has 0 unspecified atom stereocenters. The first-order valence-electron chi connectivity index (χ1n) is 6.91. The van der Waals surface area contributed by atoms with E-state index in [2.05, 4.69) is 20.9 Å².